The fourth-order valence-corrected chi connectivity index (χ4v) is 2.22. The van der Waals surface area contributed by atoms with E-state index in [1.54, 1.807) is 36.5 Å². The average molecular weight is 405 g/mol. The number of hydrogen-bond acceptors (Lipinski definition) is 4. The Morgan fingerprint density at radius 1 is 0.793 bits per heavy atom. The molecule has 0 saturated carbocycles. The van der Waals surface area contributed by atoms with Gasteiger partial charge in [0.25, 0.3) is 0 Å². The lowest BCUT2D eigenvalue weighted by molar-refractivity contribution is -0.144. The molecular formula is C19H12F5N5. The van der Waals surface area contributed by atoms with E-state index in [2.05, 4.69) is 20.1 Å². The number of alkyl halides is 3. The second-order valence-corrected chi connectivity index (χ2v) is 5.56. The Hall–Kier alpha value is -3.69. The largest absolute Gasteiger partial charge is 0.451 e. The zero-order valence-corrected chi connectivity index (χ0v) is 14.5. The lowest BCUT2D eigenvalue weighted by Crippen LogP contribution is -2.07. The second-order valence-electron chi connectivity index (χ2n) is 5.56. The van der Waals surface area contributed by atoms with E-state index in [-0.39, 0.29) is 5.82 Å². The minimum Gasteiger partial charge on any atom is -0.256 e. The van der Waals surface area contributed by atoms with E-state index in [0.29, 0.717) is 17.0 Å². The molecule has 3 heterocycles. The molecule has 29 heavy (non-hydrogen) atoms. The smallest absolute Gasteiger partial charge is 0.256 e. The Morgan fingerprint density at radius 3 is 1.97 bits per heavy atom. The summed E-state index contributed by atoms with van der Waals surface area (Å²) in [5.74, 6) is -2.36. The molecule has 10 heteroatoms. The number of aromatic amines is 1. The summed E-state index contributed by atoms with van der Waals surface area (Å²) in [6.07, 6.45) is -1.49. The third-order valence-electron chi connectivity index (χ3n) is 3.52. The van der Waals surface area contributed by atoms with Crippen LogP contribution in [0.3, 0.4) is 0 Å². The Bertz CT molecular complexity index is 1070. The van der Waals surface area contributed by atoms with Gasteiger partial charge in [-0.15, -0.1) is 0 Å². The third kappa shape index (κ3) is 5.18. The summed E-state index contributed by atoms with van der Waals surface area (Å²) < 4.78 is 62.3. The van der Waals surface area contributed by atoms with Crippen molar-refractivity contribution in [3.63, 3.8) is 0 Å². The molecule has 0 aliphatic rings. The molecule has 0 unspecified atom stereocenters. The van der Waals surface area contributed by atoms with Crippen molar-refractivity contribution in [3.05, 3.63) is 84.4 Å². The van der Waals surface area contributed by atoms with Crippen LogP contribution in [0.25, 0.3) is 22.8 Å². The zero-order valence-electron chi connectivity index (χ0n) is 14.5. The first kappa shape index (κ1) is 20.1. The van der Waals surface area contributed by atoms with E-state index in [4.69, 9.17) is 0 Å². The molecule has 5 nitrogen and oxygen atoms in total. The maximum Gasteiger partial charge on any atom is 0.451 e. The lowest BCUT2D eigenvalue weighted by Gasteiger charge is -2.01. The maximum absolute atomic E-state index is 13.3. The normalized spacial score (nSPS) is 10.9. The average Bonchev–Trinajstić information content (AvgIpc) is 3.21. The van der Waals surface area contributed by atoms with Crippen LogP contribution in [0.1, 0.15) is 5.82 Å². The third-order valence-corrected chi connectivity index (χ3v) is 3.52. The summed E-state index contributed by atoms with van der Waals surface area (Å²) >= 11 is 0. The number of halogens is 5. The highest BCUT2D eigenvalue weighted by molar-refractivity contribution is 5.59. The van der Waals surface area contributed by atoms with Crippen molar-refractivity contribution in [3.8, 4) is 22.8 Å². The Balaban J connectivity index is 0.000000166. The lowest BCUT2D eigenvalue weighted by atomic mass is 10.1. The van der Waals surface area contributed by atoms with Gasteiger partial charge in [0.05, 0.1) is 5.69 Å². The van der Waals surface area contributed by atoms with E-state index in [1.807, 2.05) is 5.10 Å². The second kappa shape index (κ2) is 8.55. The van der Waals surface area contributed by atoms with Gasteiger partial charge in [0.2, 0.25) is 5.82 Å². The van der Waals surface area contributed by atoms with Gasteiger partial charge < -0.3 is 0 Å². The fraction of sp³-hybridized carbons (Fsp3) is 0.0526. The number of H-pyrrole nitrogens is 1. The summed E-state index contributed by atoms with van der Waals surface area (Å²) in [6.45, 7) is 0. The molecule has 4 rings (SSSR count). The van der Waals surface area contributed by atoms with Gasteiger partial charge in [-0.25, -0.2) is 13.8 Å². The highest BCUT2D eigenvalue weighted by Crippen LogP contribution is 2.27. The van der Waals surface area contributed by atoms with Crippen LogP contribution >= 0.6 is 0 Å². The predicted molar refractivity (Wildman–Crippen MR) is 94.2 cm³/mol. The van der Waals surface area contributed by atoms with Crippen molar-refractivity contribution in [1.82, 2.24) is 25.1 Å². The van der Waals surface area contributed by atoms with Crippen LogP contribution in [0, 0.1) is 11.6 Å². The van der Waals surface area contributed by atoms with Gasteiger partial charge in [-0.3, -0.25) is 15.1 Å². The van der Waals surface area contributed by atoms with Gasteiger partial charge in [-0.05, 0) is 36.4 Å². The van der Waals surface area contributed by atoms with E-state index >= 15 is 0 Å². The summed E-state index contributed by atoms with van der Waals surface area (Å²) in [7, 11) is 0. The summed E-state index contributed by atoms with van der Waals surface area (Å²) in [4.78, 5) is 11.1. The van der Waals surface area contributed by atoms with Crippen molar-refractivity contribution in [1.29, 1.82) is 0 Å². The first-order chi connectivity index (χ1) is 13.8. The van der Waals surface area contributed by atoms with Gasteiger partial charge in [0, 0.05) is 24.0 Å². The molecule has 3 aromatic heterocycles. The van der Waals surface area contributed by atoms with Gasteiger partial charge in [-0.1, -0.05) is 12.1 Å². The van der Waals surface area contributed by atoms with Gasteiger partial charge in [-0.2, -0.15) is 18.3 Å². The summed E-state index contributed by atoms with van der Waals surface area (Å²) in [6, 6.07) is 13.5. The van der Waals surface area contributed by atoms with E-state index in [1.165, 1.54) is 24.4 Å². The van der Waals surface area contributed by atoms with Crippen molar-refractivity contribution < 1.29 is 22.0 Å². The highest BCUT2D eigenvalue weighted by Gasteiger charge is 2.35. The van der Waals surface area contributed by atoms with Gasteiger partial charge in [0.1, 0.15) is 17.3 Å². The number of rotatable bonds is 2. The molecule has 4 aromatic rings. The monoisotopic (exact) mass is 405 g/mol. The van der Waals surface area contributed by atoms with Crippen LogP contribution in [0.5, 0.6) is 0 Å². The number of aromatic nitrogens is 5. The highest BCUT2D eigenvalue weighted by atomic mass is 19.4. The molecule has 0 spiro atoms. The van der Waals surface area contributed by atoms with Gasteiger partial charge >= 0.3 is 6.18 Å². The van der Waals surface area contributed by atoms with Gasteiger partial charge in [0.15, 0.2) is 5.82 Å². The first-order valence-electron chi connectivity index (χ1n) is 8.12. The number of nitrogens with one attached hydrogen (secondary N) is 1. The van der Waals surface area contributed by atoms with E-state index in [0.717, 1.165) is 6.07 Å². The molecule has 148 valence electrons. The van der Waals surface area contributed by atoms with E-state index < -0.39 is 23.6 Å². The van der Waals surface area contributed by atoms with Crippen LogP contribution in [0.2, 0.25) is 0 Å². The van der Waals surface area contributed by atoms with E-state index in [9.17, 15) is 22.0 Å². The predicted octanol–water partition coefficient (Wildman–Crippen LogP) is 4.91. The molecule has 0 saturated heterocycles. The number of nitrogens with zero attached hydrogens (tertiary/aromatic N) is 4. The molecule has 0 amide bonds. The minimum atomic E-state index is -4.51. The molecule has 0 fully saturated rings. The van der Waals surface area contributed by atoms with Crippen LogP contribution < -0.4 is 0 Å². The molecule has 0 aliphatic heterocycles. The van der Waals surface area contributed by atoms with Crippen molar-refractivity contribution in [2.45, 2.75) is 6.18 Å². The Labute approximate surface area is 161 Å². The maximum atomic E-state index is 13.3. The minimum absolute atomic E-state index is 0.0667. The number of hydrogen-bond donors (Lipinski definition) is 1. The number of benzene rings is 1. The zero-order chi connectivity index (χ0) is 20.9. The standard InChI is InChI=1S/C11H7F2N.C8H5F3N4/c12-8-4-5-9(10(13)7-8)11-3-1-2-6-14-11;9-8(10,11)7-13-6(14-15-7)5-3-1-2-4-12-5/h1-7H;1-4H,(H,13,14,15). The molecule has 0 radical (unpaired) electrons. The molecule has 1 N–H and O–H groups in total. The fourth-order valence-electron chi connectivity index (χ4n) is 2.22. The Morgan fingerprint density at radius 2 is 1.45 bits per heavy atom. The van der Waals surface area contributed by atoms with Crippen molar-refractivity contribution >= 4 is 0 Å². The Kier molecular flexibility index (Phi) is 5.91. The molecule has 0 bridgehead atoms. The molecular weight excluding hydrogens is 393 g/mol. The number of pyridine rings is 2. The van der Waals surface area contributed by atoms with Crippen LogP contribution in [0.4, 0.5) is 22.0 Å². The summed E-state index contributed by atoms with van der Waals surface area (Å²) in [5.41, 5.74) is 1.11. The quantitative estimate of drug-likeness (QED) is 0.481. The topological polar surface area (TPSA) is 67.3 Å². The first-order valence-corrected chi connectivity index (χ1v) is 8.12. The molecule has 0 aliphatic carbocycles. The van der Waals surface area contributed by atoms with Crippen LogP contribution in [-0.4, -0.2) is 25.1 Å². The van der Waals surface area contributed by atoms with Crippen molar-refractivity contribution in [2.24, 2.45) is 0 Å². The van der Waals surface area contributed by atoms with Crippen molar-refractivity contribution in [2.75, 3.05) is 0 Å². The molecule has 0 atom stereocenters. The summed E-state index contributed by atoms with van der Waals surface area (Å²) in [5, 5.41) is 5.25. The van der Waals surface area contributed by atoms with Crippen LogP contribution in [-0.2, 0) is 6.18 Å². The molecule has 1 aromatic carbocycles. The van der Waals surface area contributed by atoms with Crippen LogP contribution in [0.15, 0.2) is 67.0 Å². The SMILES string of the molecule is FC(F)(F)c1nc(-c2ccccn2)n[nH]1.Fc1ccc(-c2ccccn2)c(F)c1.